The lowest BCUT2D eigenvalue weighted by atomic mass is 9.98. The lowest BCUT2D eigenvalue weighted by Gasteiger charge is -2.13. The Labute approximate surface area is 123 Å². The molecule has 2 rings (SSSR count). The molecule has 0 bridgehead atoms. The van der Waals surface area contributed by atoms with Crippen LogP contribution in [0.1, 0.15) is 52.0 Å². The molecule has 2 nitrogen and oxygen atoms in total. The number of aryl methyl sites for hydroxylation is 1. The van der Waals surface area contributed by atoms with Crippen molar-refractivity contribution in [2.75, 3.05) is 6.54 Å². The van der Waals surface area contributed by atoms with Gasteiger partial charge in [0.05, 0.1) is 6.10 Å². The number of rotatable bonds is 9. The molecule has 0 heterocycles. The highest BCUT2D eigenvalue weighted by Gasteiger charge is 2.19. The molecular weight excluding hydrogens is 246 g/mol. The molecule has 1 N–H and O–H groups in total. The van der Waals surface area contributed by atoms with Gasteiger partial charge in [-0.05, 0) is 76.1 Å². The van der Waals surface area contributed by atoms with E-state index >= 15 is 0 Å². The molecule has 1 unspecified atom stereocenters. The van der Waals surface area contributed by atoms with Gasteiger partial charge in [0.25, 0.3) is 0 Å². The highest BCUT2D eigenvalue weighted by Crippen LogP contribution is 2.20. The molecule has 0 saturated heterocycles. The van der Waals surface area contributed by atoms with Crippen molar-refractivity contribution in [3.8, 4) is 5.75 Å². The van der Waals surface area contributed by atoms with Gasteiger partial charge in [0, 0.05) is 6.04 Å². The van der Waals surface area contributed by atoms with Crippen molar-refractivity contribution in [3.63, 3.8) is 0 Å². The van der Waals surface area contributed by atoms with Gasteiger partial charge in [0.15, 0.2) is 0 Å². The third-order valence-electron chi connectivity index (χ3n) is 3.87. The summed E-state index contributed by atoms with van der Waals surface area (Å²) in [5.41, 5.74) is 1.42. The van der Waals surface area contributed by atoms with E-state index in [1.54, 1.807) is 0 Å². The minimum Gasteiger partial charge on any atom is -0.491 e. The van der Waals surface area contributed by atoms with E-state index in [4.69, 9.17) is 4.74 Å². The van der Waals surface area contributed by atoms with E-state index < -0.39 is 0 Å². The van der Waals surface area contributed by atoms with Crippen molar-refractivity contribution in [1.29, 1.82) is 0 Å². The summed E-state index contributed by atoms with van der Waals surface area (Å²) in [7, 11) is 0. The highest BCUT2D eigenvalue weighted by molar-refractivity contribution is 5.27. The number of ether oxygens (including phenoxy) is 1. The molecule has 0 spiro atoms. The topological polar surface area (TPSA) is 21.3 Å². The first kappa shape index (κ1) is 15.4. The molecule has 2 heteroatoms. The molecule has 20 heavy (non-hydrogen) atoms. The normalized spacial score (nSPS) is 16.4. The molecule has 0 aliphatic heterocycles. The van der Waals surface area contributed by atoms with Crippen molar-refractivity contribution in [2.45, 2.75) is 65.0 Å². The molecule has 1 atom stereocenters. The molecular formula is C18H29NO. The zero-order valence-corrected chi connectivity index (χ0v) is 13.2. The Morgan fingerprint density at radius 3 is 2.40 bits per heavy atom. The summed E-state index contributed by atoms with van der Waals surface area (Å²) in [6.45, 7) is 7.67. The molecule has 1 aromatic carbocycles. The molecule has 1 aliphatic carbocycles. The van der Waals surface area contributed by atoms with Crippen LogP contribution in [0, 0.1) is 5.92 Å². The van der Waals surface area contributed by atoms with Crippen LogP contribution in [0.5, 0.6) is 5.75 Å². The molecule has 0 radical (unpaired) electrons. The Balaban J connectivity index is 1.64. The second kappa shape index (κ2) is 7.68. The van der Waals surface area contributed by atoms with Crippen LogP contribution in [0.15, 0.2) is 24.3 Å². The van der Waals surface area contributed by atoms with E-state index in [1.165, 1.54) is 44.2 Å². The van der Waals surface area contributed by atoms with E-state index in [0.29, 0.717) is 0 Å². The second-order valence-corrected chi connectivity index (χ2v) is 6.47. The maximum Gasteiger partial charge on any atom is 0.119 e. The maximum atomic E-state index is 5.67. The number of benzene rings is 1. The van der Waals surface area contributed by atoms with Crippen LogP contribution in [0.2, 0.25) is 0 Å². The van der Waals surface area contributed by atoms with Gasteiger partial charge in [-0.1, -0.05) is 19.1 Å². The standard InChI is InChI=1S/C18H29NO/c1-14(2)20-18-10-6-16(7-11-18)5-4-15(3)12-13-19-17-8-9-17/h6-7,10-11,14-15,17,19H,4-5,8-9,12-13H2,1-3H3. The van der Waals surface area contributed by atoms with Gasteiger partial charge in [-0.25, -0.2) is 0 Å². The summed E-state index contributed by atoms with van der Waals surface area (Å²) in [4.78, 5) is 0. The zero-order chi connectivity index (χ0) is 14.4. The van der Waals surface area contributed by atoms with Crippen LogP contribution in [-0.4, -0.2) is 18.7 Å². The summed E-state index contributed by atoms with van der Waals surface area (Å²) < 4.78 is 5.67. The van der Waals surface area contributed by atoms with Gasteiger partial charge in [0.2, 0.25) is 0 Å². The van der Waals surface area contributed by atoms with Crippen LogP contribution >= 0.6 is 0 Å². The van der Waals surface area contributed by atoms with Gasteiger partial charge in [-0.15, -0.1) is 0 Å². The van der Waals surface area contributed by atoms with Gasteiger partial charge in [0.1, 0.15) is 5.75 Å². The molecule has 1 saturated carbocycles. The largest absolute Gasteiger partial charge is 0.491 e. The molecule has 1 fully saturated rings. The van der Waals surface area contributed by atoms with Gasteiger partial charge < -0.3 is 10.1 Å². The Hall–Kier alpha value is -1.02. The quantitative estimate of drug-likeness (QED) is 0.730. The molecule has 112 valence electrons. The molecule has 0 aromatic heterocycles. The third-order valence-corrected chi connectivity index (χ3v) is 3.87. The predicted molar refractivity (Wildman–Crippen MR) is 85.3 cm³/mol. The van der Waals surface area contributed by atoms with E-state index in [1.807, 2.05) is 0 Å². The van der Waals surface area contributed by atoms with E-state index in [0.717, 1.165) is 17.7 Å². The average Bonchev–Trinajstić information content (AvgIpc) is 3.21. The first-order valence-corrected chi connectivity index (χ1v) is 8.12. The summed E-state index contributed by atoms with van der Waals surface area (Å²) in [6, 6.07) is 9.43. The fourth-order valence-corrected chi connectivity index (χ4v) is 2.39. The fourth-order valence-electron chi connectivity index (χ4n) is 2.39. The Morgan fingerprint density at radius 2 is 1.80 bits per heavy atom. The van der Waals surface area contributed by atoms with Crippen molar-refractivity contribution >= 4 is 0 Å². The third kappa shape index (κ3) is 5.96. The summed E-state index contributed by atoms with van der Waals surface area (Å²) in [6.07, 6.45) is 6.77. The minimum absolute atomic E-state index is 0.250. The number of nitrogens with one attached hydrogen (secondary N) is 1. The van der Waals surface area contributed by atoms with Gasteiger partial charge in [-0.2, -0.15) is 0 Å². The SMILES string of the molecule is CC(CCNC1CC1)CCc1ccc(OC(C)C)cc1. The lowest BCUT2D eigenvalue weighted by Crippen LogP contribution is -2.19. The predicted octanol–water partition coefficient (Wildman–Crippen LogP) is 4.18. The van der Waals surface area contributed by atoms with Crippen LogP contribution in [0.25, 0.3) is 0 Å². The number of hydrogen-bond donors (Lipinski definition) is 1. The smallest absolute Gasteiger partial charge is 0.119 e. The molecule has 1 aromatic rings. The van der Waals surface area contributed by atoms with Crippen molar-refractivity contribution in [3.05, 3.63) is 29.8 Å². The second-order valence-electron chi connectivity index (χ2n) is 6.47. The minimum atomic E-state index is 0.250. The Kier molecular flexibility index (Phi) is 5.90. The van der Waals surface area contributed by atoms with Crippen molar-refractivity contribution < 1.29 is 4.74 Å². The van der Waals surface area contributed by atoms with Gasteiger partial charge in [-0.3, -0.25) is 0 Å². The average molecular weight is 275 g/mol. The van der Waals surface area contributed by atoms with Crippen LogP contribution in [0.4, 0.5) is 0 Å². The summed E-state index contributed by atoms with van der Waals surface area (Å²) in [5.74, 6) is 1.78. The highest BCUT2D eigenvalue weighted by atomic mass is 16.5. The van der Waals surface area contributed by atoms with Crippen LogP contribution in [-0.2, 0) is 6.42 Å². The summed E-state index contributed by atoms with van der Waals surface area (Å²) in [5, 5.41) is 3.59. The number of hydrogen-bond acceptors (Lipinski definition) is 2. The lowest BCUT2D eigenvalue weighted by molar-refractivity contribution is 0.242. The Bertz CT molecular complexity index is 381. The first-order chi connectivity index (χ1) is 9.63. The van der Waals surface area contributed by atoms with Crippen LogP contribution in [0.3, 0.4) is 0 Å². The fraction of sp³-hybridized carbons (Fsp3) is 0.667. The van der Waals surface area contributed by atoms with E-state index in [-0.39, 0.29) is 6.10 Å². The monoisotopic (exact) mass is 275 g/mol. The first-order valence-electron chi connectivity index (χ1n) is 8.12. The zero-order valence-electron chi connectivity index (χ0n) is 13.2. The van der Waals surface area contributed by atoms with Crippen LogP contribution < -0.4 is 10.1 Å². The molecule has 1 aliphatic rings. The maximum absolute atomic E-state index is 5.67. The Morgan fingerprint density at radius 1 is 1.10 bits per heavy atom. The van der Waals surface area contributed by atoms with Crippen molar-refractivity contribution in [1.82, 2.24) is 5.32 Å². The van der Waals surface area contributed by atoms with Crippen molar-refractivity contribution in [2.24, 2.45) is 5.92 Å². The molecule has 0 amide bonds. The van der Waals surface area contributed by atoms with E-state index in [9.17, 15) is 0 Å². The van der Waals surface area contributed by atoms with E-state index in [2.05, 4.69) is 50.4 Å². The van der Waals surface area contributed by atoms with Gasteiger partial charge >= 0.3 is 0 Å². The summed E-state index contributed by atoms with van der Waals surface area (Å²) >= 11 is 0.